The Bertz CT molecular complexity index is 805. The fourth-order valence-corrected chi connectivity index (χ4v) is 4.50. The first-order valence-corrected chi connectivity index (χ1v) is 9.07. The number of aromatic nitrogens is 3. The molecular weight excluding hydrogens is 326 g/mol. The summed E-state index contributed by atoms with van der Waals surface area (Å²) < 4.78 is 1.54. The number of carbonyl (C=O) groups is 2. The fraction of sp³-hybridized carbons (Fsp3) is 0.500. The van der Waals surface area contributed by atoms with Crippen molar-refractivity contribution in [3.63, 3.8) is 0 Å². The lowest BCUT2D eigenvalue weighted by molar-refractivity contribution is -0.116. The molecule has 0 radical (unpaired) electrons. The van der Waals surface area contributed by atoms with Crippen LogP contribution in [-0.2, 0) is 24.2 Å². The number of hydrogen-bond donors (Lipinski definition) is 2. The van der Waals surface area contributed by atoms with Crippen molar-refractivity contribution in [3.8, 4) is 0 Å². The zero-order chi connectivity index (χ0) is 16.7. The van der Waals surface area contributed by atoms with E-state index in [2.05, 4.69) is 15.6 Å². The van der Waals surface area contributed by atoms with Gasteiger partial charge in [0.25, 0.3) is 5.91 Å². The molecule has 126 valence electrons. The van der Waals surface area contributed by atoms with Crippen molar-refractivity contribution in [1.29, 1.82) is 0 Å². The van der Waals surface area contributed by atoms with Crippen LogP contribution in [0.4, 0.5) is 5.00 Å². The normalized spacial score (nSPS) is 16.7. The van der Waals surface area contributed by atoms with Crippen molar-refractivity contribution in [2.75, 3.05) is 5.32 Å². The van der Waals surface area contributed by atoms with Gasteiger partial charge >= 0.3 is 0 Å². The fourth-order valence-electron chi connectivity index (χ4n) is 3.18. The summed E-state index contributed by atoms with van der Waals surface area (Å²) in [5, 5.41) is 11.5. The number of hydrogen-bond acceptors (Lipinski definition) is 5. The van der Waals surface area contributed by atoms with E-state index in [1.165, 1.54) is 16.2 Å². The molecular formula is C16H19N5O2S. The Hall–Kier alpha value is -2.22. The number of nitrogens with zero attached hydrogens (tertiary/aromatic N) is 3. The average molecular weight is 345 g/mol. The number of amides is 2. The molecule has 0 saturated heterocycles. The molecule has 2 aromatic heterocycles. The van der Waals surface area contributed by atoms with Gasteiger partial charge in [-0.3, -0.25) is 9.59 Å². The molecule has 3 N–H and O–H groups in total. The zero-order valence-corrected chi connectivity index (χ0v) is 14.1. The molecule has 1 fully saturated rings. The van der Waals surface area contributed by atoms with Gasteiger partial charge in [0.2, 0.25) is 5.91 Å². The van der Waals surface area contributed by atoms with Crippen molar-refractivity contribution >= 4 is 28.2 Å². The maximum atomic E-state index is 12.3. The topological polar surface area (TPSA) is 103 Å². The number of primary amides is 1. The average Bonchev–Trinajstić information content (AvgIpc) is 3.18. The lowest BCUT2D eigenvalue weighted by atomic mass is 9.95. The Balaban J connectivity index is 1.50. The van der Waals surface area contributed by atoms with E-state index < -0.39 is 5.91 Å². The van der Waals surface area contributed by atoms with E-state index in [4.69, 9.17) is 5.73 Å². The highest BCUT2D eigenvalue weighted by atomic mass is 32.1. The van der Waals surface area contributed by atoms with Gasteiger partial charge in [-0.2, -0.15) is 0 Å². The number of carbonyl (C=O) groups excluding carboxylic acids is 2. The van der Waals surface area contributed by atoms with Gasteiger partial charge in [-0.25, -0.2) is 4.68 Å². The lowest BCUT2D eigenvalue weighted by Gasteiger charge is -2.11. The largest absolute Gasteiger partial charge is 0.365 e. The molecule has 0 atom stereocenters. The van der Waals surface area contributed by atoms with Crippen molar-refractivity contribution < 1.29 is 9.59 Å². The molecule has 4 rings (SSSR count). The van der Waals surface area contributed by atoms with Crippen LogP contribution in [0.5, 0.6) is 0 Å². The Labute approximate surface area is 143 Å². The van der Waals surface area contributed by atoms with E-state index in [9.17, 15) is 9.59 Å². The molecule has 24 heavy (non-hydrogen) atoms. The molecule has 0 unspecified atom stereocenters. The predicted molar refractivity (Wildman–Crippen MR) is 90.1 cm³/mol. The third kappa shape index (κ3) is 2.93. The van der Waals surface area contributed by atoms with Crippen LogP contribution in [0.3, 0.4) is 0 Å². The second kappa shape index (κ2) is 6.01. The Kier molecular flexibility index (Phi) is 3.84. The minimum atomic E-state index is -0.471. The molecule has 8 heteroatoms. The van der Waals surface area contributed by atoms with Crippen LogP contribution >= 0.6 is 11.3 Å². The summed E-state index contributed by atoms with van der Waals surface area (Å²) in [6.45, 7) is 0.0838. The lowest BCUT2D eigenvalue weighted by Crippen LogP contribution is -2.21. The van der Waals surface area contributed by atoms with E-state index in [1.807, 2.05) is 6.20 Å². The van der Waals surface area contributed by atoms with E-state index >= 15 is 0 Å². The monoisotopic (exact) mass is 345 g/mol. The van der Waals surface area contributed by atoms with Crippen LogP contribution in [0.2, 0.25) is 0 Å². The number of fused-ring (bicyclic) bond motifs is 1. The Morgan fingerprint density at radius 3 is 2.88 bits per heavy atom. The van der Waals surface area contributed by atoms with Crippen LogP contribution in [0.25, 0.3) is 0 Å². The highest BCUT2D eigenvalue weighted by Gasteiger charge is 2.27. The minimum absolute atomic E-state index is 0.0838. The van der Waals surface area contributed by atoms with Gasteiger partial charge in [0.15, 0.2) is 0 Å². The number of anilines is 1. The SMILES string of the molecule is NC(=O)c1c(NC(=O)Cn2cc(C3CC3)nn2)sc2c1CCCC2. The van der Waals surface area contributed by atoms with Crippen molar-refractivity contribution in [1.82, 2.24) is 15.0 Å². The van der Waals surface area contributed by atoms with Gasteiger partial charge in [-0.1, -0.05) is 5.21 Å². The third-order valence-electron chi connectivity index (χ3n) is 4.53. The summed E-state index contributed by atoms with van der Waals surface area (Å²) in [6, 6.07) is 0. The number of thiophene rings is 1. The molecule has 0 aromatic carbocycles. The van der Waals surface area contributed by atoms with E-state index in [1.54, 1.807) is 4.68 Å². The van der Waals surface area contributed by atoms with Crippen LogP contribution in [0.1, 0.15) is 58.1 Å². The van der Waals surface area contributed by atoms with Crippen LogP contribution in [-0.4, -0.2) is 26.8 Å². The smallest absolute Gasteiger partial charge is 0.251 e. The second-order valence-corrected chi connectivity index (χ2v) is 7.55. The summed E-state index contributed by atoms with van der Waals surface area (Å²) in [5.41, 5.74) is 8.00. The first-order chi connectivity index (χ1) is 11.6. The maximum absolute atomic E-state index is 12.3. The predicted octanol–water partition coefficient (Wildman–Crippen LogP) is 1.83. The van der Waals surface area contributed by atoms with Gasteiger partial charge in [0, 0.05) is 17.0 Å². The summed E-state index contributed by atoms with van der Waals surface area (Å²) >= 11 is 1.47. The highest BCUT2D eigenvalue weighted by Crippen LogP contribution is 2.39. The molecule has 2 aliphatic carbocycles. The second-order valence-electron chi connectivity index (χ2n) is 6.44. The van der Waals surface area contributed by atoms with Crippen LogP contribution in [0.15, 0.2) is 6.20 Å². The van der Waals surface area contributed by atoms with Gasteiger partial charge in [-0.05, 0) is 44.1 Å². The van der Waals surface area contributed by atoms with Crippen molar-refractivity contribution in [3.05, 3.63) is 27.9 Å². The van der Waals surface area contributed by atoms with Crippen LogP contribution < -0.4 is 11.1 Å². The quantitative estimate of drug-likeness (QED) is 0.863. The summed E-state index contributed by atoms with van der Waals surface area (Å²) in [4.78, 5) is 25.3. The molecule has 2 aromatic rings. The molecule has 0 bridgehead atoms. The minimum Gasteiger partial charge on any atom is -0.365 e. The number of rotatable bonds is 5. The first-order valence-electron chi connectivity index (χ1n) is 8.26. The first kappa shape index (κ1) is 15.3. The van der Waals surface area contributed by atoms with Gasteiger partial charge in [-0.15, -0.1) is 16.4 Å². The molecule has 2 heterocycles. The van der Waals surface area contributed by atoms with Crippen LogP contribution in [0, 0.1) is 0 Å². The zero-order valence-electron chi connectivity index (χ0n) is 13.2. The number of aryl methyl sites for hydroxylation is 1. The molecule has 2 amide bonds. The maximum Gasteiger partial charge on any atom is 0.251 e. The molecule has 2 aliphatic rings. The standard InChI is InChI=1S/C16H19N5O2S/c17-15(23)14-10-3-1-2-4-12(10)24-16(14)18-13(22)8-21-7-11(19-20-21)9-5-6-9/h7,9H,1-6,8H2,(H2,17,23)(H,18,22). The molecule has 1 saturated carbocycles. The number of nitrogens with two attached hydrogens (primary N) is 1. The summed E-state index contributed by atoms with van der Waals surface area (Å²) in [5.74, 6) is -0.183. The van der Waals surface area contributed by atoms with Crippen molar-refractivity contribution in [2.45, 2.75) is 51.0 Å². The van der Waals surface area contributed by atoms with E-state index in [0.717, 1.165) is 49.8 Å². The van der Waals surface area contributed by atoms with Gasteiger partial charge < -0.3 is 11.1 Å². The highest BCUT2D eigenvalue weighted by molar-refractivity contribution is 7.17. The molecule has 0 aliphatic heterocycles. The Morgan fingerprint density at radius 1 is 1.33 bits per heavy atom. The van der Waals surface area contributed by atoms with Gasteiger partial charge in [0.05, 0.1) is 11.3 Å². The van der Waals surface area contributed by atoms with Gasteiger partial charge in [0.1, 0.15) is 11.5 Å². The molecule has 0 spiro atoms. The van der Waals surface area contributed by atoms with E-state index in [-0.39, 0.29) is 12.5 Å². The van der Waals surface area contributed by atoms with Crippen molar-refractivity contribution in [2.24, 2.45) is 5.73 Å². The molecule has 7 nitrogen and oxygen atoms in total. The number of nitrogens with one attached hydrogen (secondary N) is 1. The summed E-state index contributed by atoms with van der Waals surface area (Å²) in [7, 11) is 0. The van der Waals surface area contributed by atoms with E-state index in [0.29, 0.717) is 16.5 Å². The third-order valence-corrected chi connectivity index (χ3v) is 5.74. The Morgan fingerprint density at radius 2 is 2.12 bits per heavy atom. The summed E-state index contributed by atoms with van der Waals surface area (Å²) in [6.07, 6.45) is 8.09.